The third-order valence-corrected chi connectivity index (χ3v) is 2.47. The Kier molecular flexibility index (Phi) is 3.48. The Morgan fingerprint density at radius 1 is 1.54 bits per heavy atom. The molecule has 13 heavy (non-hydrogen) atoms. The minimum absolute atomic E-state index is 0.0993. The van der Waals surface area contributed by atoms with Gasteiger partial charge in [-0.1, -0.05) is 22.9 Å². The van der Waals surface area contributed by atoms with Crippen LogP contribution in [0.3, 0.4) is 0 Å². The van der Waals surface area contributed by atoms with Crippen LogP contribution in [0, 0.1) is 0 Å². The number of benzene rings is 1. The molecule has 0 aromatic heterocycles. The molecule has 0 amide bonds. The number of halogens is 1. The molecule has 0 atom stereocenters. The second kappa shape index (κ2) is 4.42. The molecule has 0 aliphatic carbocycles. The molecule has 0 saturated heterocycles. The molecule has 0 saturated carbocycles. The molecule has 0 radical (unpaired) electrons. The SMILES string of the molecule is CCC(=O)c1ccc(O)c(CBr)c1. The Bertz CT molecular complexity index is 321. The van der Waals surface area contributed by atoms with Crippen molar-refractivity contribution in [1.82, 2.24) is 0 Å². The first kappa shape index (κ1) is 10.3. The van der Waals surface area contributed by atoms with Crippen LogP contribution in [0.5, 0.6) is 5.75 Å². The third kappa shape index (κ3) is 2.31. The van der Waals surface area contributed by atoms with Crippen molar-refractivity contribution in [3.8, 4) is 5.75 Å². The van der Waals surface area contributed by atoms with E-state index in [9.17, 15) is 9.90 Å². The van der Waals surface area contributed by atoms with Crippen molar-refractivity contribution in [2.24, 2.45) is 0 Å². The summed E-state index contributed by atoms with van der Waals surface area (Å²) in [5.74, 6) is 0.326. The van der Waals surface area contributed by atoms with Crippen molar-refractivity contribution < 1.29 is 9.90 Å². The van der Waals surface area contributed by atoms with Gasteiger partial charge in [0.25, 0.3) is 0 Å². The average Bonchev–Trinajstić information content (AvgIpc) is 2.17. The van der Waals surface area contributed by atoms with Gasteiger partial charge in [0.2, 0.25) is 0 Å². The zero-order valence-corrected chi connectivity index (χ0v) is 8.97. The van der Waals surface area contributed by atoms with Gasteiger partial charge in [0.1, 0.15) is 5.75 Å². The van der Waals surface area contributed by atoms with Crippen LogP contribution in [0.4, 0.5) is 0 Å². The molecule has 0 fully saturated rings. The van der Waals surface area contributed by atoms with Gasteiger partial charge in [-0.25, -0.2) is 0 Å². The van der Waals surface area contributed by atoms with Gasteiger partial charge >= 0.3 is 0 Å². The van der Waals surface area contributed by atoms with Crippen LogP contribution < -0.4 is 0 Å². The lowest BCUT2D eigenvalue weighted by Crippen LogP contribution is -1.96. The van der Waals surface area contributed by atoms with Gasteiger partial charge in [-0.15, -0.1) is 0 Å². The van der Waals surface area contributed by atoms with E-state index in [1.165, 1.54) is 0 Å². The predicted octanol–water partition coefficient (Wildman–Crippen LogP) is 2.88. The second-order valence-corrected chi connectivity index (χ2v) is 3.31. The molecule has 1 aromatic rings. The summed E-state index contributed by atoms with van der Waals surface area (Å²) in [6.45, 7) is 1.82. The maximum Gasteiger partial charge on any atom is 0.162 e. The van der Waals surface area contributed by atoms with Gasteiger partial charge in [-0.2, -0.15) is 0 Å². The zero-order chi connectivity index (χ0) is 9.84. The van der Waals surface area contributed by atoms with Crippen LogP contribution in [-0.2, 0) is 5.33 Å². The average molecular weight is 243 g/mol. The standard InChI is InChI=1S/C10H11BrO2/c1-2-9(12)7-3-4-10(13)8(5-7)6-11/h3-5,13H,2,6H2,1H3. The first-order valence-corrected chi connectivity index (χ1v) is 5.22. The number of hydrogen-bond donors (Lipinski definition) is 1. The van der Waals surface area contributed by atoms with Crippen LogP contribution in [0.1, 0.15) is 29.3 Å². The molecular weight excluding hydrogens is 232 g/mol. The highest BCUT2D eigenvalue weighted by molar-refractivity contribution is 9.08. The molecular formula is C10H11BrO2. The van der Waals surface area contributed by atoms with E-state index in [0.29, 0.717) is 17.3 Å². The second-order valence-electron chi connectivity index (χ2n) is 2.75. The molecule has 0 heterocycles. The van der Waals surface area contributed by atoms with Gasteiger partial charge < -0.3 is 5.11 Å². The molecule has 70 valence electrons. The number of alkyl halides is 1. The molecule has 0 aliphatic heterocycles. The van der Waals surface area contributed by atoms with Gasteiger partial charge in [-0.05, 0) is 18.2 Å². The number of phenolic OH excluding ortho intramolecular Hbond substituents is 1. The molecule has 0 spiro atoms. The molecule has 2 nitrogen and oxygen atoms in total. The Morgan fingerprint density at radius 3 is 2.77 bits per heavy atom. The van der Waals surface area contributed by atoms with Crippen molar-refractivity contribution in [2.75, 3.05) is 0 Å². The number of hydrogen-bond acceptors (Lipinski definition) is 2. The fourth-order valence-electron chi connectivity index (χ4n) is 1.07. The fraction of sp³-hybridized carbons (Fsp3) is 0.300. The summed E-state index contributed by atoms with van der Waals surface area (Å²) >= 11 is 3.24. The van der Waals surface area contributed by atoms with Crippen molar-refractivity contribution in [2.45, 2.75) is 18.7 Å². The lowest BCUT2D eigenvalue weighted by Gasteiger charge is -2.03. The normalized spacial score (nSPS) is 10.0. The largest absolute Gasteiger partial charge is 0.508 e. The lowest BCUT2D eigenvalue weighted by molar-refractivity contribution is 0.0988. The maximum atomic E-state index is 11.3. The molecule has 0 aliphatic rings. The Hall–Kier alpha value is -0.830. The number of phenols is 1. The number of ketones is 1. The summed E-state index contributed by atoms with van der Waals surface area (Å²) in [5, 5.41) is 9.91. The van der Waals surface area contributed by atoms with Crippen molar-refractivity contribution in [3.05, 3.63) is 29.3 Å². The van der Waals surface area contributed by atoms with Crippen LogP contribution in [0.25, 0.3) is 0 Å². The lowest BCUT2D eigenvalue weighted by atomic mass is 10.1. The number of carbonyl (C=O) groups is 1. The monoisotopic (exact) mass is 242 g/mol. The van der Waals surface area contributed by atoms with Crippen LogP contribution >= 0.6 is 15.9 Å². The van der Waals surface area contributed by atoms with E-state index < -0.39 is 0 Å². The van der Waals surface area contributed by atoms with Crippen LogP contribution in [0.15, 0.2) is 18.2 Å². The van der Waals surface area contributed by atoms with E-state index >= 15 is 0 Å². The van der Waals surface area contributed by atoms with Gasteiger partial charge in [0.05, 0.1) is 0 Å². The Morgan fingerprint density at radius 2 is 2.23 bits per heavy atom. The van der Waals surface area contributed by atoms with Crippen molar-refractivity contribution in [3.63, 3.8) is 0 Å². The zero-order valence-electron chi connectivity index (χ0n) is 7.38. The summed E-state index contributed by atoms with van der Waals surface area (Å²) in [7, 11) is 0. The van der Waals surface area contributed by atoms with E-state index in [4.69, 9.17) is 0 Å². The highest BCUT2D eigenvalue weighted by Gasteiger charge is 2.06. The van der Waals surface area contributed by atoms with E-state index in [1.54, 1.807) is 18.2 Å². The smallest absolute Gasteiger partial charge is 0.162 e. The quantitative estimate of drug-likeness (QED) is 0.654. The van der Waals surface area contributed by atoms with Gasteiger partial charge in [0, 0.05) is 22.9 Å². The summed E-state index contributed by atoms with van der Waals surface area (Å²) in [6.07, 6.45) is 0.493. The maximum absolute atomic E-state index is 11.3. The molecule has 1 N–H and O–H groups in total. The number of carbonyl (C=O) groups excluding carboxylic acids is 1. The summed E-state index contributed by atoms with van der Waals surface area (Å²) in [4.78, 5) is 11.3. The Labute approximate surface area is 85.7 Å². The molecule has 3 heteroatoms. The predicted molar refractivity (Wildman–Crippen MR) is 55.4 cm³/mol. The van der Waals surface area contributed by atoms with Crippen molar-refractivity contribution >= 4 is 21.7 Å². The Balaban J connectivity index is 3.06. The van der Waals surface area contributed by atoms with Crippen LogP contribution in [0.2, 0.25) is 0 Å². The summed E-state index contributed by atoms with van der Waals surface area (Å²) in [5.41, 5.74) is 1.41. The highest BCUT2D eigenvalue weighted by atomic mass is 79.9. The van der Waals surface area contributed by atoms with Crippen molar-refractivity contribution in [1.29, 1.82) is 0 Å². The number of rotatable bonds is 3. The topological polar surface area (TPSA) is 37.3 Å². The minimum atomic E-state index is 0.0993. The molecule has 0 unspecified atom stereocenters. The van der Waals surface area contributed by atoms with Gasteiger partial charge in [-0.3, -0.25) is 4.79 Å². The third-order valence-electron chi connectivity index (χ3n) is 1.87. The van der Waals surface area contributed by atoms with E-state index in [-0.39, 0.29) is 11.5 Å². The van der Waals surface area contributed by atoms with E-state index in [0.717, 1.165) is 5.56 Å². The van der Waals surface area contributed by atoms with Gasteiger partial charge in [0.15, 0.2) is 5.78 Å². The first-order valence-electron chi connectivity index (χ1n) is 4.10. The highest BCUT2D eigenvalue weighted by Crippen LogP contribution is 2.21. The van der Waals surface area contributed by atoms with E-state index in [2.05, 4.69) is 15.9 Å². The molecule has 0 bridgehead atoms. The minimum Gasteiger partial charge on any atom is -0.508 e. The van der Waals surface area contributed by atoms with E-state index in [1.807, 2.05) is 6.92 Å². The number of Topliss-reactive ketones (excluding diaryl/α,β-unsaturated/α-hetero) is 1. The number of aromatic hydroxyl groups is 1. The summed E-state index contributed by atoms with van der Waals surface area (Å²) in [6, 6.07) is 4.92. The first-order chi connectivity index (χ1) is 6.19. The summed E-state index contributed by atoms with van der Waals surface area (Å²) < 4.78 is 0. The van der Waals surface area contributed by atoms with Crippen LogP contribution in [-0.4, -0.2) is 10.9 Å². The molecule has 1 aromatic carbocycles. The fourth-order valence-corrected chi connectivity index (χ4v) is 1.52. The molecule has 1 rings (SSSR count).